The molecule has 0 bridgehead atoms. The average molecular weight is 703 g/mol. The van der Waals surface area contributed by atoms with Crippen molar-refractivity contribution >= 4 is 35.0 Å². The monoisotopic (exact) mass is 702 g/mol. The molecular weight excluding hydrogens is 677 g/mol. The number of alkyl halides is 6. The van der Waals surface area contributed by atoms with Crippen LogP contribution in [0.4, 0.5) is 26.3 Å². The van der Waals surface area contributed by atoms with Crippen molar-refractivity contribution in [1.82, 2.24) is 15.2 Å². The molecule has 47 heavy (non-hydrogen) atoms. The van der Waals surface area contributed by atoms with Crippen molar-refractivity contribution < 1.29 is 41.0 Å². The number of carbonyl (C=O) groups excluding carboxylic acids is 2. The molecule has 0 radical (unpaired) electrons. The number of phenolic OH excluding ortho intramolecular Hbond substituents is 1. The Hall–Kier alpha value is -4.22. The highest BCUT2D eigenvalue weighted by Gasteiger charge is 2.33. The van der Waals surface area contributed by atoms with Gasteiger partial charge in [-0.25, -0.2) is 0 Å². The number of likely N-dealkylation sites (tertiary alicyclic amines) is 1. The second-order valence-electron chi connectivity index (χ2n) is 10.9. The lowest BCUT2D eigenvalue weighted by Gasteiger charge is -2.31. The van der Waals surface area contributed by atoms with E-state index in [1.165, 1.54) is 23.1 Å². The quantitative estimate of drug-likeness (QED) is 0.221. The number of halogens is 8. The molecule has 3 aromatic rings. The Morgan fingerprint density at radius 1 is 1.02 bits per heavy atom. The molecule has 1 aliphatic heterocycles. The first-order valence-electron chi connectivity index (χ1n) is 14.2. The number of amides is 2. The van der Waals surface area contributed by atoms with E-state index in [2.05, 4.69) is 10.3 Å². The normalized spacial score (nSPS) is 14.1. The summed E-state index contributed by atoms with van der Waals surface area (Å²) < 4.78 is 77.6. The van der Waals surface area contributed by atoms with Crippen molar-refractivity contribution in [3.63, 3.8) is 0 Å². The number of benzene rings is 2. The number of phenols is 1. The highest BCUT2D eigenvalue weighted by molar-refractivity contribution is 6.33. The van der Waals surface area contributed by atoms with Crippen LogP contribution in [0.25, 0.3) is 22.4 Å². The third-order valence-corrected chi connectivity index (χ3v) is 8.25. The van der Waals surface area contributed by atoms with Gasteiger partial charge in [-0.2, -0.15) is 31.6 Å². The van der Waals surface area contributed by atoms with Gasteiger partial charge in [0.05, 0.1) is 17.7 Å². The predicted molar refractivity (Wildman–Crippen MR) is 161 cm³/mol. The highest BCUT2D eigenvalue weighted by Crippen LogP contribution is 2.40. The van der Waals surface area contributed by atoms with E-state index in [0.29, 0.717) is 6.07 Å². The van der Waals surface area contributed by atoms with Gasteiger partial charge in [0.1, 0.15) is 17.4 Å². The molecule has 1 aromatic heterocycles. The maximum atomic E-state index is 13.4. The molecule has 8 nitrogen and oxygen atoms in total. The van der Waals surface area contributed by atoms with Crippen LogP contribution in [0.15, 0.2) is 41.2 Å². The van der Waals surface area contributed by atoms with Crippen LogP contribution in [0.3, 0.4) is 0 Å². The minimum absolute atomic E-state index is 0.00710. The van der Waals surface area contributed by atoms with Gasteiger partial charge in [-0.15, -0.1) is 0 Å². The zero-order chi connectivity index (χ0) is 34.7. The number of nitrogens with one attached hydrogen (secondary N) is 2. The van der Waals surface area contributed by atoms with Crippen LogP contribution in [-0.4, -0.2) is 52.6 Å². The summed E-state index contributed by atoms with van der Waals surface area (Å²) in [7, 11) is 0. The average Bonchev–Trinajstić information content (AvgIpc) is 3.00. The van der Waals surface area contributed by atoms with Gasteiger partial charge < -0.3 is 20.3 Å². The van der Waals surface area contributed by atoms with E-state index < -0.39 is 53.7 Å². The molecule has 2 heterocycles. The fourth-order valence-electron chi connectivity index (χ4n) is 5.25. The number of pyridine rings is 1. The zero-order valence-electron chi connectivity index (χ0n) is 24.3. The second-order valence-corrected chi connectivity index (χ2v) is 11.7. The number of nitrogens with zero attached hydrogens (tertiary/aromatic N) is 2. The van der Waals surface area contributed by atoms with Crippen molar-refractivity contribution in [2.75, 3.05) is 19.6 Å². The van der Waals surface area contributed by atoms with E-state index in [4.69, 9.17) is 23.2 Å². The molecule has 2 aromatic carbocycles. The van der Waals surface area contributed by atoms with Gasteiger partial charge in [0, 0.05) is 58.7 Å². The first-order valence-corrected chi connectivity index (χ1v) is 14.9. The number of rotatable bonds is 8. The molecule has 250 valence electrons. The van der Waals surface area contributed by atoms with E-state index in [1.807, 2.05) is 0 Å². The molecule has 1 aliphatic rings. The van der Waals surface area contributed by atoms with Crippen LogP contribution in [0.2, 0.25) is 10.0 Å². The van der Waals surface area contributed by atoms with Crippen LogP contribution in [-0.2, 0) is 22.2 Å². The number of nitriles is 1. The standard InChI is InChI=1S/C31H26Cl2F6N4O4/c32-19-11-17(4-8-41-28(46)16-5-9-43(10-6-16)26(44)3-7-30(34,35)36)27(45)22(13-19)25-14-20(23(15-40)29(47)42-25)21-12-18(31(37,38)39)1-2-24(21)33/h1-2,11-14,16,45H,3-10H2,(H,41,46)(H,42,47). The highest BCUT2D eigenvalue weighted by atomic mass is 35.5. The van der Waals surface area contributed by atoms with Crippen LogP contribution < -0.4 is 10.9 Å². The van der Waals surface area contributed by atoms with Crippen molar-refractivity contribution in [3.05, 3.63) is 73.5 Å². The van der Waals surface area contributed by atoms with Crippen molar-refractivity contribution in [2.24, 2.45) is 5.92 Å². The number of hydrogen-bond acceptors (Lipinski definition) is 5. The number of hydrogen-bond donors (Lipinski definition) is 3. The summed E-state index contributed by atoms with van der Waals surface area (Å²) in [5, 5.41) is 23.4. The smallest absolute Gasteiger partial charge is 0.416 e. The van der Waals surface area contributed by atoms with Crippen LogP contribution in [0.5, 0.6) is 5.75 Å². The zero-order valence-corrected chi connectivity index (χ0v) is 25.8. The van der Waals surface area contributed by atoms with Gasteiger partial charge in [0.15, 0.2) is 0 Å². The summed E-state index contributed by atoms with van der Waals surface area (Å²) >= 11 is 12.5. The molecule has 0 unspecified atom stereocenters. The summed E-state index contributed by atoms with van der Waals surface area (Å²) in [5.74, 6) is -1.79. The molecule has 0 spiro atoms. The molecule has 2 amide bonds. The molecule has 16 heteroatoms. The van der Waals surface area contributed by atoms with Gasteiger partial charge in [-0.1, -0.05) is 23.2 Å². The topological polar surface area (TPSA) is 126 Å². The van der Waals surface area contributed by atoms with Crippen LogP contribution in [0.1, 0.15) is 42.4 Å². The molecule has 1 fully saturated rings. The number of carbonyl (C=O) groups is 2. The SMILES string of the molecule is N#Cc1c(-c2cc(C(F)(F)F)ccc2Cl)cc(-c2cc(Cl)cc(CCNC(=O)C3CCN(C(=O)CCC(F)(F)F)CC3)c2O)[nH]c1=O. The first kappa shape index (κ1) is 35.6. The fourth-order valence-corrected chi connectivity index (χ4v) is 5.71. The lowest BCUT2D eigenvalue weighted by atomic mass is 9.95. The lowest BCUT2D eigenvalue weighted by Crippen LogP contribution is -2.43. The lowest BCUT2D eigenvalue weighted by molar-refractivity contribution is -0.150. The second kappa shape index (κ2) is 14.3. The van der Waals surface area contributed by atoms with E-state index in [9.17, 15) is 51.1 Å². The maximum Gasteiger partial charge on any atom is 0.416 e. The van der Waals surface area contributed by atoms with E-state index in [-0.39, 0.29) is 88.5 Å². The van der Waals surface area contributed by atoms with Crippen molar-refractivity contribution in [3.8, 4) is 34.2 Å². The van der Waals surface area contributed by atoms with Gasteiger partial charge >= 0.3 is 12.4 Å². The first-order chi connectivity index (χ1) is 22.0. The van der Waals surface area contributed by atoms with E-state index in [0.717, 1.165) is 12.1 Å². The largest absolute Gasteiger partial charge is 0.507 e. The Kier molecular flexibility index (Phi) is 10.8. The van der Waals surface area contributed by atoms with E-state index in [1.54, 1.807) is 6.07 Å². The summed E-state index contributed by atoms with van der Waals surface area (Å²) in [6.45, 7) is 0.319. The van der Waals surface area contributed by atoms with Crippen molar-refractivity contribution in [2.45, 2.75) is 44.5 Å². The Morgan fingerprint density at radius 3 is 2.32 bits per heavy atom. The van der Waals surface area contributed by atoms with E-state index >= 15 is 0 Å². The number of H-pyrrole nitrogens is 1. The molecular formula is C31H26Cl2F6N4O4. The Balaban J connectivity index is 1.49. The van der Waals surface area contributed by atoms with Crippen LogP contribution in [0, 0.1) is 17.2 Å². The third-order valence-electron chi connectivity index (χ3n) is 7.71. The fraction of sp³-hybridized carbons (Fsp3) is 0.355. The molecule has 0 saturated carbocycles. The Labute approximate surface area is 273 Å². The number of aromatic nitrogens is 1. The van der Waals surface area contributed by atoms with Crippen LogP contribution >= 0.6 is 23.2 Å². The third kappa shape index (κ3) is 8.78. The molecule has 1 saturated heterocycles. The molecule has 3 N–H and O–H groups in total. The number of aromatic hydroxyl groups is 1. The maximum absolute atomic E-state index is 13.4. The molecule has 0 aliphatic carbocycles. The Morgan fingerprint density at radius 2 is 1.70 bits per heavy atom. The van der Waals surface area contributed by atoms with Gasteiger partial charge in [-0.3, -0.25) is 14.4 Å². The molecule has 4 rings (SSSR count). The summed E-state index contributed by atoms with van der Waals surface area (Å²) in [5.41, 5.74) is -2.77. The predicted octanol–water partition coefficient (Wildman–Crippen LogP) is 6.85. The summed E-state index contributed by atoms with van der Waals surface area (Å²) in [4.78, 5) is 41.4. The Bertz CT molecular complexity index is 1780. The van der Waals surface area contributed by atoms with Gasteiger partial charge in [0.2, 0.25) is 11.8 Å². The minimum Gasteiger partial charge on any atom is -0.507 e. The van der Waals surface area contributed by atoms with Gasteiger partial charge in [-0.05, 0) is 61.2 Å². The minimum atomic E-state index is -4.73. The summed E-state index contributed by atoms with van der Waals surface area (Å²) in [6, 6.07) is 8.07. The number of aromatic amines is 1. The molecule has 0 atom stereocenters. The summed E-state index contributed by atoms with van der Waals surface area (Å²) in [6.07, 6.45) is -10.4. The van der Waals surface area contributed by atoms with Gasteiger partial charge in [0.25, 0.3) is 5.56 Å². The number of piperidine rings is 1. The van der Waals surface area contributed by atoms with Crippen molar-refractivity contribution in [1.29, 1.82) is 5.26 Å².